The molecule has 1 aliphatic heterocycles. The van der Waals surface area contributed by atoms with Gasteiger partial charge >= 0.3 is 0 Å². The Balaban J connectivity index is 1.74. The zero-order valence-corrected chi connectivity index (χ0v) is 20.7. The maximum atomic E-state index is 13.5. The fraction of sp³-hybridized carbons (Fsp3) is 0.280. The molecule has 3 aromatic rings. The highest BCUT2D eigenvalue weighted by Gasteiger charge is 2.32. The summed E-state index contributed by atoms with van der Waals surface area (Å²) in [6, 6.07) is 12.9. The van der Waals surface area contributed by atoms with Gasteiger partial charge in [0.25, 0.3) is 11.5 Å². The lowest BCUT2D eigenvalue weighted by atomic mass is 10.1. The molecule has 9 heteroatoms. The number of hydrogen-bond acceptors (Lipinski definition) is 7. The number of nitrogens with zero attached hydrogens (tertiary/aromatic N) is 3. The number of thiocarbonyl (C=S) groups is 1. The number of aliphatic hydroxyl groups is 1. The number of aryl methyl sites for hydroxylation is 1. The van der Waals surface area contributed by atoms with Crippen LogP contribution in [0.15, 0.2) is 58.4 Å². The summed E-state index contributed by atoms with van der Waals surface area (Å²) in [6.45, 7) is 4.64. The van der Waals surface area contributed by atoms with Crippen molar-refractivity contribution >= 4 is 51.7 Å². The molecular weight excluding hydrogens is 468 g/mol. The summed E-state index contributed by atoms with van der Waals surface area (Å²) in [5.41, 5.74) is 2.05. The first kappa shape index (κ1) is 24.1. The van der Waals surface area contributed by atoms with Crippen LogP contribution in [0.4, 0.5) is 5.82 Å². The van der Waals surface area contributed by atoms with Crippen molar-refractivity contribution in [1.29, 1.82) is 0 Å². The molecule has 7 nitrogen and oxygen atoms in total. The molecule has 176 valence electrons. The van der Waals surface area contributed by atoms with E-state index in [2.05, 4.69) is 17.2 Å². The molecule has 1 unspecified atom stereocenters. The first-order valence-electron chi connectivity index (χ1n) is 11.1. The highest BCUT2D eigenvalue weighted by molar-refractivity contribution is 8.26. The molecule has 4 rings (SSSR count). The number of rotatable bonds is 8. The second kappa shape index (κ2) is 10.5. The van der Waals surface area contributed by atoms with Crippen LogP contribution in [0, 0.1) is 6.92 Å². The molecule has 3 heterocycles. The summed E-state index contributed by atoms with van der Waals surface area (Å²) < 4.78 is 1.96. The average molecular weight is 495 g/mol. The molecule has 2 aromatic heterocycles. The summed E-state index contributed by atoms with van der Waals surface area (Å²) >= 11 is 6.59. The van der Waals surface area contributed by atoms with Crippen molar-refractivity contribution in [2.24, 2.45) is 0 Å². The van der Waals surface area contributed by atoms with Gasteiger partial charge in [-0.2, -0.15) is 0 Å². The number of carbonyl (C=O) groups excluding carboxylic acids is 1. The summed E-state index contributed by atoms with van der Waals surface area (Å²) in [5, 5.41) is 13.7. The zero-order chi connectivity index (χ0) is 24.2. The van der Waals surface area contributed by atoms with E-state index in [0.717, 1.165) is 24.0 Å². The van der Waals surface area contributed by atoms with Crippen LogP contribution in [0.2, 0.25) is 0 Å². The van der Waals surface area contributed by atoms with Gasteiger partial charge in [0.15, 0.2) is 0 Å². The van der Waals surface area contributed by atoms with Crippen LogP contribution < -0.4 is 10.9 Å². The first-order valence-corrected chi connectivity index (χ1v) is 12.4. The third kappa shape index (κ3) is 4.91. The van der Waals surface area contributed by atoms with E-state index in [9.17, 15) is 14.7 Å². The predicted octanol–water partition coefficient (Wildman–Crippen LogP) is 4.15. The molecular formula is C25H26N4O3S2. The van der Waals surface area contributed by atoms with Gasteiger partial charge in [-0.25, -0.2) is 4.98 Å². The lowest BCUT2D eigenvalue weighted by molar-refractivity contribution is -0.122. The molecule has 2 N–H and O–H groups in total. The van der Waals surface area contributed by atoms with E-state index in [1.807, 2.05) is 43.3 Å². The van der Waals surface area contributed by atoms with Gasteiger partial charge in [-0.3, -0.25) is 18.9 Å². The van der Waals surface area contributed by atoms with E-state index in [1.165, 1.54) is 16.2 Å². The van der Waals surface area contributed by atoms with E-state index >= 15 is 0 Å². The van der Waals surface area contributed by atoms with Gasteiger partial charge in [-0.05, 0) is 36.6 Å². The molecule has 1 fully saturated rings. The molecule has 0 saturated carbocycles. The number of amides is 1. The number of aliphatic hydroxyl groups excluding tert-OH is 1. The Morgan fingerprint density at radius 1 is 1.21 bits per heavy atom. The number of anilines is 1. The van der Waals surface area contributed by atoms with E-state index in [-0.39, 0.29) is 23.6 Å². The third-order valence-corrected chi connectivity index (χ3v) is 6.99. The Morgan fingerprint density at radius 2 is 1.97 bits per heavy atom. The number of fused-ring (bicyclic) bond motifs is 1. The summed E-state index contributed by atoms with van der Waals surface area (Å²) in [5.74, 6) is 0.112. The number of nitrogens with one attached hydrogen (secondary N) is 1. The molecule has 1 saturated heterocycles. The number of hydrogen-bond donors (Lipinski definition) is 2. The van der Waals surface area contributed by atoms with Crippen LogP contribution in [0.3, 0.4) is 0 Å². The van der Waals surface area contributed by atoms with Gasteiger partial charge in [0.1, 0.15) is 15.8 Å². The van der Waals surface area contributed by atoms with E-state index < -0.39 is 6.10 Å². The van der Waals surface area contributed by atoms with Gasteiger partial charge in [0, 0.05) is 19.3 Å². The maximum Gasteiger partial charge on any atom is 0.267 e. The fourth-order valence-electron chi connectivity index (χ4n) is 3.70. The summed E-state index contributed by atoms with van der Waals surface area (Å²) in [7, 11) is 0. The molecule has 0 aliphatic carbocycles. The number of pyridine rings is 1. The minimum atomic E-state index is -0.793. The molecule has 1 aromatic carbocycles. The standard InChI is InChI=1S/C25H26N4O3S2/c1-3-4-12-29-24(32)20(34-25(29)33)14-18-21(26-15-19(30)17-10-6-5-7-11-17)27-22-16(2)9-8-13-28(22)23(18)31/h5-11,13-14,19,26,30H,3-4,12,15H2,1-2H3. The predicted molar refractivity (Wildman–Crippen MR) is 141 cm³/mol. The van der Waals surface area contributed by atoms with E-state index in [0.29, 0.717) is 27.2 Å². The van der Waals surface area contributed by atoms with Crippen molar-refractivity contribution < 1.29 is 9.90 Å². The Morgan fingerprint density at radius 3 is 2.71 bits per heavy atom. The average Bonchev–Trinajstić information content (AvgIpc) is 3.11. The van der Waals surface area contributed by atoms with Crippen molar-refractivity contribution in [1.82, 2.24) is 14.3 Å². The van der Waals surface area contributed by atoms with Gasteiger partial charge in [0.05, 0.1) is 16.6 Å². The highest BCUT2D eigenvalue weighted by Crippen LogP contribution is 2.33. The monoisotopic (exact) mass is 494 g/mol. The Labute approximate surface area is 207 Å². The van der Waals surface area contributed by atoms with Crippen LogP contribution in [-0.4, -0.2) is 42.7 Å². The van der Waals surface area contributed by atoms with Crippen LogP contribution in [0.1, 0.15) is 42.6 Å². The third-order valence-electron chi connectivity index (χ3n) is 5.62. The topological polar surface area (TPSA) is 86.9 Å². The fourth-order valence-corrected chi connectivity index (χ4v) is 4.99. The quantitative estimate of drug-likeness (QED) is 0.359. The zero-order valence-electron chi connectivity index (χ0n) is 19.0. The van der Waals surface area contributed by atoms with Gasteiger partial charge in [-0.15, -0.1) is 0 Å². The lowest BCUT2D eigenvalue weighted by Gasteiger charge is -2.15. The second-order valence-corrected chi connectivity index (χ2v) is 9.73. The molecule has 1 atom stereocenters. The van der Waals surface area contributed by atoms with Crippen molar-refractivity contribution in [2.75, 3.05) is 18.4 Å². The van der Waals surface area contributed by atoms with Crippen molar-refractivity contribution in [3.05, 3.63) is 80.6 Å². The number of benzene rings is 1. The van der Waals surface area contributed by atoms with Crippen LogP contribution in [-0.2, 0) is 4.79 Å². The van der Waals surface area contributed by atoms with Crippen molar-refractivity contribution in [2.45, 2.75) is 32.8 Å². The molecule has 0 bridgehead atoms. The Bertz CT molecular complexity index is 1320. The van der Waals surface area contributed by atoms with Crippen molar-refractivity contribution in [3.63, 3.8) is 0 Å². The van der Waals surface area contributed by atoms with Crippen LogP contribution in [0.5, 0.6) is 0 Å². The normalized spacial score (nSPS) is 16.0. The minimum absolute atomic E-state index is 0.150. The van der Waals surface area contributed by atoms with Crippen molar-refractivity contribution in [3.8, 4) is 0 Å². The SMILES string of the molecule is CCCCN1C(=O)C(=Cc2c(NCC(O)c3ccccc3)nc3c(C)cccn3c2=O)SC1=S. The summed E-state index contributed by atoms with van der Waals surface area (Å²) in [6.07, 6.45) is 4.22. The molecule has 0 radical (unpaired) electrons. The largest absolute Gasteiger partial charge is 0.387 e. The lowest BCUT2D eigenvalue weighted by Crippen LogP contribution is -2.29. The van der Waals surface area contributed by atoms with Crippen LogP contribution in [0.25, 0.3) is 11.7 Å². The maximum absolute atomic E-state index is 13.5. The Hall–Kier alpha value is -3.01. The number of unbranched alkanes of at least 4 members (excludes halogenated alkanes) is 1. The number of aromatic nitrogens is 2. The van der Waals surface area contributed by atoms with Gasteiger partial charge in [0.2, 0.25) is 0 Å². The summed E-state index contributed by atoms with van der Waals surface area (Å²) in [4.78, 5) is 33.1. The van der Waals surface area contributed by atoms with E-state index in [1.54, 1.807) is 23.2 Å². The van der Waals surface area contributed by atoms with E-state index in [4.69, 9.17) is 12.2 Å². The molecule has 0 spiro atoms. The molecule has 1 amide bonds. The number of carbonyl (C=O) groups is 1. The smallest absolute Gasteiger partial charge is 0.267 e. The highest BCUT2D eigenvalue weighted by atomic mass is 32.2. The first-order chi connectivity index (χ1) is 16.4. The van der Waals surface area contributed by atoms with Crippen LogP contribution >= 0.6 is 24.0 Å². The second-order valence-electron chi connectivity index (χ2n) is 8.06. The minimum Gasteiger partial charge on any atom is -0.387 e. The Kier molecular flexibility index (Phi) is 7.45. The van der Waals surface area contributed by atoms with Gasteiger partial charge < -0.3 is 10.4 Å². The molecule has 34 heavy (non-hydrogen) atoms. The van der Waals surface area contributed by atoms with Gasteiger partial charge in [-0.1, -0.05) is 73.7 Å². The molecule has 1 aliphatic rings. The number of thioether (sulfide) groups is 1.